The van der Waals surface area contributed by atoms with Crippen LogP contribution in [-0.4, -0.2) is 5.97 Å². The first-order chi connectivity index (χ1) is 11.7. The highest BCUT2D eigenvalue weighted by atomic mass is 35.5. The Labute approximate surface area is 146 Å². The molecule has 1 aliphatic carbocycles. The summed E-state index contributed by atoms with van der Waals surface area (Å²) >= 11 is 5.97. The van der Waals surface area contributed by atoms with Gasteiger partial charge >= 0.3 is 5.97 Å². The van der Waals surface area contributed by atoms with Gasteiger partial charge in [-0.1, -0.05) is 54.8 Å². The van der Waals surface area contributed by atoms with Crippen molar-refractivity contribution in [1.82, 2.24) is 0 Å². The Morgan fingerprint density at radius 1 is 1.12 bits per heavy atom. The highest BCUT2D eigenvalue weighted by molar-refractivity contribution is 6.30. The van der Waals surface area contributed by atoms with Crippen molar-refractivity contribution in [3.8, 4) is 6.07 Å². The molecule has 0 aromatic heterocycles. The zero-order valence-electron chi connectivity index (χ0n) is 13.3. The molecule has 3 nitrogen and oxygen atoms in total. The van der Waals surface area contributed by atoms with Gasteiger partial charge in [0.2, 0.25) is 0 Å². The van der Waals surface area contributed by atoms with Gasteiger partial charge < -0.3 is 4.74 Å². The van der Waals surface area contributed by atoms with Gasteiger partial charge in [0.05, 0.1) is 17.0 Å². The number of benzene rings is 2. The number of esters is 1. The van der Waals surface area contributed by atoms with Gasteiger partial charge in [0.15, 0.2) is 0 Å². The van der Waals surface area contributed by atoms with E-state index >= 15 is 0 Å². The van der Waals surface area contributed by atoms with E-state index in [4.69, 9.17) is 21.6 Å². The highest BCUT2D eigenvalue weighted by Crippen LogP contribution is 2.42. The quantitative estimate of drug-likeness (QED) is 0.754. The summed E-state index contributed by atoms with van der Waals surface area (Å²) < 4.78 is 5.62. The van der Waals surface area contributed by atoms with Crippen LogP contribution in [0.1, 0.15) is 42.4 Å². The van der Waals surface area contributed by atoms with Crippen LogP contribution in [-0.2, 0) is 21.6 Å². The van der Waals surface area contributed by atoms with E-state index < -0.39 is 5.41 Å². The van der Waals surface area contributed by atoms with E-state index in [2.05, 4.69) is 6.07 Å². The maximum Gasteiger partial charge on any atom is 0.316 e. The van der Waals surface area contributed by atoms with E-state index in [0.29, 0.717) is 10.6 Å². The van der Waals surface area contributed by atoms with Crippen molar-refractivity contribution in [3.63, 3.8) is 0 Å². The molecule has 24 heavy (non-hydrogen) atoms. The Bertz CT molecular complexity index is 771. The molecule has 0 unspecified atom stereocenters. The van der Waals surface area contributed by atoms with Gasteiger partial charge in [-0.2, -0.15) is 5.26 Å². The van der Waals surface area contributed by atoms with Gasteiger partial charge in [-0.05, 0) is 36.6 Å². The lowest BCUT2D eigenvalue weighted by Gasteiger charge is -2.27. The van der Waals surface area contributed by atoms with Crippen molar-refractivity contribution in [3.05, 3.63) is 70.2 Å². The summed E-state index contributed by atoms with van der Waals surface area (Å²) in [4.78, 5) is 12.9. The predicted molar refractivity (Wildman–Crippen MR) is 92.6 cm³/mol. The molecular formula is C20H18ClNO2. The summed E-state index contributed by atoms with van der Waals surface area (Å²) in [6.07, 6.45) is 3.58. The van der Waals surface area contributed by atoms with Gasteiger partial charge in [-0.15, -0.1) is 0 Å². The first-order valence-corrected chi connectivity index (χ1v) is 8.45. The molecule has 0 saturated heterocycles. The van der Waals surface area contributed by atoms with Crippen molar-refractivity contribution in [2.45, 2.75) is 37.7 Å². The maximum atomic E-state index is 12.9. The Hall–Kier alpha value is -2.31. The van der Waals surface area contributed by atoms with E-state index in [9.17, 15) is 4.79 Å². The van der Waals surface area contributed by atoms with Crippen LogP contribution in [0.5, 0.6) is 0 Å². The number of halogens is 1. The zero-order chi connectivity index (χ0) is 17.0. The summed E-state index contributed by atoms with van der Waals surface area (Å²) in [5.41, 5.74) is 1.64. The molecule has 0 spiro atoms. The molecule has 0 aliphatic heterocycles. The lowest BCUT2D eigenvalue weighted by molar-refractivity contribution is -0.152. The molecule has 0 bridgehead atoms. The van der Waals surface area contributed by atoms with Crippen molar-refractivity contribution < 1.29 is 9.53 Å². The minimum absolute atomic E-state index is 0.123. The summed E-state index contributed by atoms with van der Waals surface area (Å²) in [5.74, 6) is -0.213. The fraction of sp³-hybridized carbons (Fsp3) is 0.300. The average Bonchev–Trinajstić information content (AvgIpc) is 3.11. The third-order valence-corrected chi connectivity index (χ3v) is 4.99. The minimum atomic E-state index is -0.591. The number of rotatable bonds is 4. The van der Waals surface area contributed by atoms with E-state index in [0.717, 1.165) is 36.8 Å². The summed E-state index contributed by atoms with van der Waals surface area (Å²) in [7, 11) is 0. The predicted octanol–water partition coefficient (Wildman–Crippen LogP) is 4.77. The largest absolute Gasteiger partial charge is 0.460 e. The van der Waals surface area contributed by atoms with Gasteiger partial charge in [0.1, 0.15) is 6.61 Å². The molecule has 122 valence electrons. The topological polar surface area (TPSA) is 50.1 Å². The highest BCUT2D eigenvalue weighted by Gasteiger charge is 2.44. The van der Waals surface area contributed by atoms with Gasteiger partial charge in [0, 0.05) is 10.6 Å². The van der Waals surface area contributed by atoms with Crippen LogP contribution in [0.3, 0.4) is 0 Å². The SMILES string of the molecule is N#Cc1ccccc1COC(=O)C1(c2ccc(Cl)cc2)CCCC1. The average molecular weight is 340 g/mol. The van der Waals surface area contributed by atoms with Crippen LogP contribution >= 0.6 is 11.6 Å². The lowest BCUT2D eigenvalue weighted by Crippen LogP contribution is -2.34. The molecule has 0 atom stereocenters. The van der Waals surface area contributed by atoms with Crippen LogP contribution in [0, 0.1) is 11.3 Å². The molecule has 0 amide bonds. The number of nitriles is 1. The Balaban J connectivity index is 1.81. The molecule has 1 aliphatic rings. The molecule has 4 heteroatoms. The standard InChI is InChI=1S/C20H18ClNO2/c21-18-9-7-17(8-10-18)20(11-3-4-12-20)19(23)24-14-16-6-2-1-5-15(16)13-22/h1-2,5-10H,3-4,11-12,14H2. The Morgan fingerprint density at radius 3 is 2.46 bits per heavy atom. The number of carbonyl (C=O) groups excluding carboxylic acids is 1. The fourth-order valence-corrected chi connectivity index (χ4v) is 3.52. The summed E-state index contributed by atoms with van der Waals surface area (Å²) in [6.45, 7) is 0.123. The Kier molecular flexibility index (Phi) is 4.87. The maximum absolute atomic E-state index is 12.9. The Morgan fingerprint density at radius 2 is 1.79 bits per heavy atom. The van der Waals surface area contributed by atoms with E-state index in [1.54, 1.807) is 12.1 Å². The third-order valence-electron chi connectivity index (χ3n) is 4.74. The van der Waals surface area contributed by atoms with Crippen LogP contribution in [0.25, 0.3) is 0 Å². The number of nitrogens with zero attached hydrogens (tertiary/aromatic N) is 1. The minimum Gasteiger partial charge on any atom is -0.460 e. The molecule has 2 aromatic carbocycles. The number of carbonyl (C=O) groups is 1. The van der Waals surface area contributed by atoms with Gasteiger partial charge in [0.25, 0.3) is 0 Å². The van der Waals surface area contributed by atoms with Crippen LogP contribution in [0.2, 0.25) is 5.02 Å². The fourth-order valence-electron chi connectivity index (χ4n) is 3.39. The number of hydrogen-bond donors (Lipinski definition) is 0. The molecule has 1 saturated carbocycles. The van der Waals surface area contributed by atoms with Crippen LogP contribution in [0.15, 0.2) is 48.5 Å². The first-order valence-electron chi connectivity index (χ1n) is 8.07. The summed E-state index contributed by atoms with van der Waals surface area (Å²) in [5, 5.41) is 9.80. The van der Waals surface area contributed by atoms with E-state index in [-0.39, 0.29) is 12.6 Å². The second-order valence-corrected chi connectivity index (χ2v) is 6.58. The molecule has 0 N–H and O–H groups in total. The summed E-state index contributed by atoms with van der Waals surface area (Å²) in [6, 6.07) is 16.8. The van der Waals surface area contributed by atoms with Crippen molar-refractivity contribution >= 4 is 17.6 Å². The molecule has 2 aromatic rings. The van der Waals surface area contributed by atoms with E-state index in [1.807, 2.05) is 36.4 Å². The second-order valence-electron chi connectivity index (χ2n) is 6.14. The normalized spacial score (nSPS) is 15.7. The van der Waals surface area contributed by atoms with Gasteiger partial charge in [-0.3, -0.25) is 4.79 Å². The van der Waals surface area contributed by atoms with Crippen molar-refractivity contribution in [2.24, 2.45) is 0 Å². The molecular weight excluding hydrogens is 322 g/mol. The zero-order valence-corrected chi connectivity index (χ0v) is 14.1. The number of hydrogen-bond acceptors (Lipinski definition) is 3. The van der Waals surface area contributed by atoms with E-state index in [1.165, 1.54) is 0 Å². The van der Waals surface area contributed by atoms with Crippen molar-refractivity contribution in [2.75, 3.05) is 0 Å². The molecule has 1 fully saturated rings. The van der Waals surface area contributed by atoms with Crippen molar-refractivity contribution in [1.29, 1.82) is 5.26 Å². The van der Waals surface area contributed by atoms with Crippen LogP contribution in [0.4, 0.5) is 0 Å². The lowest BCUT2D eigenvalue weighted by atomic mass is 9.79. The monoisotopic (exact) mass is 339 g/mol. The molecule has 0 radical (unpaired) electrons. The molecule has 3 rings (SSSR count). The molecule has 0 heterocycles. The number of ether oxygens (including phenoxy) is 1. The second kappa shape index (κ2) is 7.07. The third kappa shape index (κ3) is 3.16. The first kappa shape index (κ1) is 16.5. The van der Waals surface area contributed by atoms with Crippen LogP contribution < -0.4 is 0 Å². The smallest absolute Gasteiger partial charge is 0.316 e. The van der Waals surface area contributed by atoms with Gasteiger partial charge in [-0.25, -0.2) is 0 Å².